The number of allylic oxidation sites excluding steroid dienone is 8. The molecule has 2 aliphatic carbocycles. The topological polar surface area (TPSA) is 30.9 Å². The minimum absolute atomic E-state index is 0.0106. The van der Waals surface area contributed by atoms with E-state index in [2.05, 4.69) is 75.8 Å². The Labute approximate surface area is 207 Å². The van der Waals surface area contributed by atoms with Gasteiger partial charge < -0.3 is 10.3 Å². The van der Waals surface area contributed by atoms with Gasteiger partial charge in [-0.25, -0.2) is 4.39 Å². The van der Waals surface area contributed by atoms with Crippen LogP contribution < -0.4 is 16.3 Å². The van der Waals surface area contributed by atoms with Crippen LogP contribution in [0, 0.1) is 5.41 Å². The van der Waals surface area contributed by atoms with Crippen molar-refractivity contribution in [3.63, 3.8) is 0 Å². The van der Waals surface area contributed by atoms with Crippen LogP contribution in [-0.4, -0.2) is 11.2 Å². The molecule has 1 aromatic rings. The van der Waals surface area contributed by atoms with Crippen LogP contribution in [0.5, 0.6) is 0 Å². The van der Waals surface area contributed by atoms with Gasteiger partial charge in [0.1, 0.15) is 6.67 Å². The molecule has 1 heterocycles. The smallest absolute Gasteiger partial charge is 0.110 e. The molecule has 1 fully saturated rings. The molecule has 2 aliphatic rings. The summed E-state index contributed by atoms with van der Waals surface area (Å²) in [7, 11) is 1.98. The Morgan fingerprint density at radius 2 is 1.88 bits per heavy atom. The standard InChI is InChI=1S/C20H29FN2.C9H12.C2H6/c1-14(20(5)8-9-20)11-16(22)12-15-13-18(19(2,3)4)23(6)17(15)7-10-21;1-9-7-5-3-2-4-6-8-9;1-2/h7,11-13H,1,8-10,22H2,2-6H3;2-3,5,7H,1,4,6,8H2;1-2H3/b15-12-,16-11-,17-7+;3-2-,7-5-;. The fraction of sp³-hybridized carbons (Fsp3) is 0.484. The van der Waals surface area contributed by atoms with Gasteiger partial charge in [-0.15, -0.1) is 0 Å². The highest BCUT2D eigenvalue weighted by molar-refractivity contribution is 5.50. The molecular formula is C31H47FN2. The summed E-state index contributed by atoms with van der Waals surface area (Å²) < 4.78 is 15.0. The molecule has 3 rings (SSSR count). The molecule has 1 aromatic heterocycles. The summed E-state index contributed by atoms with van der Waals surface area (Å²) in [5.41, 5.74) is 10.6. The lowest BCUT2D eigenvalue weighted by atomic mass is 9.92. The van der Waals surface area contributed by atoms with E-state index in [1.165, 1.54) is 31.3 Å². The summed E-state index contributed by atoms with van der Waals surface area (Å²) >= 11 is 0. The largest absolute Gasteiger partial charge is 0.399 e. The molecule has 34 heavy (non-hydrogen) atoms. The second kappa shape index (κ2) is 13.4. The summed E-state index contributed by atoms with van der Waals surface area (Å²) in [5.74, 6) is 0. The molecule has 0 unspecified atom stereocenters. The maximum absolute atomic E-state index is 12.9. The first-order chi connectivity index (χ1) is 16.0. The minimum Gasteiger partial charge on any atom is -0.399 e. The maximum atomic E-state index is 12.9. The highest BCUT2D eigenvalue weighted by Gasteiger charge is 2.38. The number of aromatic nitrogens is 1. The molecule has 0 spiro atoms. The fourth-order valence-corrected chi connectivity index (χ4v) is 3.81. The van der Waals surface area contributed by atoms with E-state index in [4.69, 9.17) is 5.73 Å². The van der Waals surface area contributed by atoms with Gasteiger partial charge in [0.15, 0.2) is 0 Å². The predicted molar refractivity (Wildman–Crippen MR) is 150 cm³/mol. The second-order valence-electron chi connectivity index (χ2n) is 10.2. The monoisotopic (exact) mass is 466 g/mol. The third-order valence-electron chi connectivity index (χ3n) is 6.24. The summed E-state index contributed by atoms with van der Waals surface area (Å²) in [5, 5.41) is 1.83. The van der Waals surface area contributed by atoms with Crippen molar-refractivity contribution in [1.82, 2.24) is 4.57 Å². The van der Waals surface area contributed by atoms with Gasteiger partial charge >= 0.3 is 0 Å². The molecule has 1 saturated carbocycles. The fourth-order valence-electron chi connectivity index (χ4n) is 3.81. The van der Waals surface area contributed by atoms with Crippen LogP contribution in [0.25, 0.3) is 12.2 Å². The van der Waals surface area contributed by atoms with Crippen molar-refractivity contribution in [1.29, 1.82) is 0 Å². The molecule has 3 heteroatoms. The van der Waals surface area contributed by atoms with Crippen LogP contribution in [0.1, 0.15) is 79.3 Å². The Hall–Kier alpha value is -2.55. The molecule has 2 N–H and O–H groups in total. The third-order valence-corrected chi connectivity index (χ3v) is 6.24. The Kier molecular flexibility index (Phi) is 11.6. The van der Waals surface area contributed by atoms with Gasteiger partial charge in [0.2, 0.25) is 0 Å². The maximum Gasteiger partial charge on any atom is 0.110 e. The number of halogens is 1. The van der Waals surface area contributed by atoms with E-state index in [0.29, 0.717) is 5.70 Å². The first-order valence-corrected chi connectivity index (χ1v) is 12.6. The van der Waals surface area contributed by atoms with Gasteiger partial charge in [-0.3, -0.25) is 0 Å². The molecule has 0 radical (unpaired) electrons. The van der Waals surface area contributed by atoms with Crippen molar-refractivity contribution >= 4 is 12.2 Å². The molecule has 0 aliphatic heterocycles. The number of hydrogen-bond acceptors (Lipinski definition) is 1. The van der Waals surface area contributed by atoms with Crippen LogP contribution in [0.2, 0.25) is 0 Å². The number of nitrogens with zero attached hydrogens (tertiary/aromatic N) is 1. The average Bonchev–Trinajstić information content (AvgIpc) is 3.44. The van der Waals surface area contributed by atoms with Crippen molar-refractivity contribution in [3.8, 4) is 0 Å². The number of rotatable bonds is 4. The highest BCUT2D eigenvalue weighted by Crippen LogP contribution is 2.51. The SMILES string of the molecule is C=C(/C=C(N)/C=c1/cc(C(C)(C)C)n(C)/c1=C/CF)C1(C)CC1.C=C1/C=C\C=C/CCC1.CC. The zero-order valence-corrected chi connectivity index (χ0v) is 22.7. The minimum atomic E-state index is -0.489. The van der Waals surface area contributed by atoms with Gasteiger partial charge in [0.25, 0.3) is 0 Å². The van der Waals surface area contributed by atoms with E-state index < -0.39 is 6.67 Å². The van der Waals surface area contributed by atoms with Crippen LogP contribution >= 0.6 is 0 Å². The van der Waals surface area contributed by atoms with Gasteiger partial charge in [-0.1, -0.05) is 84.6 Å². The lowest BCUT2D eigenvalue weighted by Crippen LogP contribution is -2.29. The Bertz CT molecular complexity index is 1030. The Morgan fingerprint density at radius 3 is 2.44 bits per heavy atom. The number of nitrogens with two attached hydrogens (primary N) is 1. The Morgan fingerprint density at radius 1 is 1.24 bits per heavy atom. The molecule has 0 aromatic carbocycles. The Balaban J connectivity index is 0.000000437. The molecule has 0 amide bonds. The van der Waals surface area contributed by atoms with E-state index in [1.54, 1.807) is 6.08 Å². The first-order valence-electron chi connectivity index (χ1n) is 12.6. The van der Waals surface area contributed by atoms with Gasteiger partial charge in [0.05, 0.1) is 0 Å². The zero-order chi connectivity index (χ0) is 25.9. The summed E-state index contributed by atoms with van der Waals surface area (Å²) in [6, 6.07) is 2.10. The van der Waals surface area contributed by atoms with E-state index in [1.807, 2.05) is 33.0 Å². The lowest BCUT2D eigenvalue weighted by Gasteiger charge is -2.19. The summed E-state index contributed by atoms with van der Waals surface area (Å²) in [6.45, 7) is 20.2. The van der Waals surface area contributed by atoms with Crippen molar-refractivity contribution in [2.75, 3.05) is 6.67 Å². The van der Waals surface area contributed by atoms with Crippen LogP contribution in [0.4, 0.5) is 4.39 Å². The summed E-state index contributed by atoms with van der Waals surface area (Å²) in [4.78, 5) is 0. The highest BCUT2D eigenvalue weighted by atomic mass is 19.1. The normalized spacial score (nSPS) is 20.2. The molecule has 0 atom stereocenters. The van der Waals surface area contributed by atoms with Gasteiger partial charge in [-0.2, -0.15) is 0 Å². The van der Waals surface area contributed by atoms with Crippen LogP contribution in [0.3, 0.4) is 0 Å². The average molecular weight is 467 g/mol. The second-order valence-corrected chi connectivity index (χ2v) is 10.2. The van der Waals surface area contributed by atoms with Crippen molar-refractivity contribution in [3.05, 3.63) is 82.7 Å². The summed E-state index contributed by atoms with van der Waals surface area (Å²) in [6.07, 6.45) is 19.9. The van der Waals surface area contributed by atoms with Gasteiger partial charge in [0, 0.05) is 34.4 Å². The lowest BCUT2D eigenvalue weighted by molar-refractivity contribution is 0.537. The van der Waals surface area contributed by atoms with Crippen molar-refractivity contribution in [2.24, 2.45) is 18.2 Å². The van der Waals surface area contributed by atoms with E-state index in [9.17, 15) is 4.39 Å². The molecule has 2 nitrogen and oxygen atoms in total. The first kappa shape index (κ1) is 29.5. The van der Waals surface area contributed by atoms with Crippen LogP contribution in [0.15, 0.2) is 66.4 Å². The molecule has 0 bridgehead atoms. The van der Waals surface area contributed by atoms with Crippen molar-refractivity contribution < 1.29 is 4.39 Å². The van der Waals surface area contributed by atoms with Crippen molar-refractivity contribution in [2.45, 2.75) is 79.1 Å². The zero-order valence-electron chi connectivity index (χ0n) is 22.7. The van der Waals surface area contributed by atoms with Crippen LogP contribution in [-0.2, 0) is 12.5 Å². The quantitative estimate of drug-likeness (QED) is 0.480. The van der Waals surface area contributed by atoms with E-state index >= 15 is 0 Å². The predicted octanol–water partition coefficient (Wildman–Crippen LogP) is 6.92. The molecule has 0 saturated heterocycles. The molecule has 188 valence electrons. The van der Waals surface area contributed by atoms with E-state index in [0.717, 1.165) is 28.3 Å². The number of alkyl halides is 1. The van der Waals surface area contributed by atoms with Gasteiger partial charge in [-0.05, 0) is 67.4 Å². The third kappa shape index (κ3) is 9.00. The van der Waals surface area contributed by atoms with E-state index in [-0.39, 0.29) is 10.8 Å². The molecular weight excluding hydrogens is 419 g/mol. The number of hydrogen-bond donors (Lipinski definition) is 1.